The molecule has 0 aliphatic carbocycles. The van der Waals surface area contributed by atoms with E-state index in [9.17, 15) is 19.2 Å². The topological polar surface area (TPSA) is 105 Å². The standard InChI is InChI=1S/C17H20O8.C2H6/c1-5-13(18)22-9-17(10-23-14(19)6-2,11-24-15(20)7-3)12-25-16(21)8-4;1-2/h5-8H,1-4,9-12H2;1-2H3. The Morgan fingerprint density at radius 2 is 0.778 bits per heavy atom. The van der Waals surface area contributed by atoms with E-state index in [4.69, 9.17) is 18.9 Å². The van der Waals surface area contributed by atoms with Crippen molar-refractivity contribution < 1.29 is 38.1 Å². The quantitative estimate of drug-likeness (QED) is 0.286. The van der Waals surface area contributed by atoms with E-state index in [-0.39, 0.29) is 26.4 Å². The molecule has 0 saturated carbocycles. The fourth-order valence-electron chi connectivity index (χ4n) is 1.38. The minimum absolute atomic E-state index is 0.378. The number of rotatable bonds is 12. The summed E-state index contributed by atoms with van der Waals surface area (Å²) in [6, 6.07) is 0. The van der Waals surface area contributed by atoms with Gasteiger partial charge >= 0.3 is 23.9 Å². The average molecular weight is 382 g/mol. The van der Waals surface area contributed by atoms with Crippen LogP contribution in [0.4, 0.5) is 0 Å². The fraction of sp³-hybridized carbons (Fsp3) is 0.368. The van der Waals surface area contributed by atoms with E-state index in [1.54, 1.807) is 0 Å². The van der Waals surface area contributed by atoms with Gasteiger partial charge in [-0.3, -0.25) is 0 Å². The number of ether oxygens (including phenoxy) is 4. The summed E-state index contributed by atoms with van der Waals surface area (Å²) in [5.41, 5.74) is -1.34. The van der Waals surface area contributed by atoms with Gasteiger partial charge in [-0.25, -0.2) is 19.2 Å². The van der Waals surface area contributed by atoms with E-state index in [2.05, 4.69) is 26.3 Å². The van der Waals surface area contributed by atoms with Crippen LogP contribution in [-0.4, -0.2) is 50.3 Å². The van der Waals surface area contributed by atoms with Crippen molar-refractivity contribution in [2.75, 3.05) is 26.4 Å². The molecule has 0 bridgehead atoms. The summed E-state index contributed by atoms with van der Waals surface area (Å²) in [5, 5.41) is 0. The molecule has 0 aliphatic heterocycles. The fourth-order valence-corrected chi connectivity index (χ4v) is 1.38. The third kappa shape index (κ3) is 11.9. The first-order valence-electron chi connectivity index (χ1n) is 7.99. The highest BCUT2D eigenvalue weighted by Gasteiger charge is 2.37. The molecule has 0 atom stereocenters. The molecular formula is C19H26O8. The third-order valence-electron chi connectivity index (χ3n) is 2.75. The molecule has 8 heteroatoms. The van der Waals surface area contributed by atoms with Crippen molar-refractivity contribution in [2.24, 2.45) is 5.41 Å². The van der Waals surface area contributed by atoms with E-state index >= 15 is 0 Å². The van der Waals surface area contributed by atoms with Crippen LogP contribution in [0.15, 0.2) is 50.6 Å². The van der Waals surface area contributed by atoms with Crippen molar-refractivity contribution in [3.63, 3.8) is 0 Å². The Hall–Kier alpha value is -3.16. The molecule has 0 aromatic heterocycles. The molecule has 0 heterocycles. The van der Waals surface area contributed by atoms with Gasteiger partial charge in [-0.15, -0.1) is 0 Å². The van der Waals surface area contributed by atoms with Crippen LogP contribution in [0.5, 0.6) is 0 Å². The van der Waals surface area contributed by atoms with E-state index < -0.39 is 29.3 Å². The third-order valence-corrected chi connectivity index (χ3v) is 2.75. The molecule has 0 N–H and O–H groups in total. The molecule has 27 heavy (non-hydrogen) atoms. The van der Waals surface area contributed by atoms with Crippen molar-refractivity contribution in [3.05, 3.63) is 50.6 Å². The van der Waals surface area contributed by atoms with E-state index in [1.807, 2.05) is 13.8 Å². The van der Waals surface area contributed by atoms with Gasteiger partial charge in [-0.05, 0) is 0 Å². The summed E-state index contributed by atoms with van der Waals surface area (Å²) < 4.78 is 19.8. The normalized spacial score (nSPS) is 9.41. The highest BCUT2D eigenvalue weighted by Crippen LogP contribution is 2.21. The molecule has 0 saturated heterocycles. The second kappa shape index (κ2) is 15.1. The zero-order valence-corrected chi connectivity index (χ0v) is 15.7. The largest absolute Gasteiger partial charge is 0.462 e. The van der Waals surface area contributed by atoms with Crippen LogP contribution in [0.3, 0.4) is 0 Å². The summed E-state index contributed by atoms with van der Waals surface area (Å²) in [4.78, 5) is 45.3. The van der Waals surface area contributed by atoms with Crippen LogP contribution in [0.2, 0.25) is 0 Å². The van der Waals surface area contributed by atoms with Gasteiger partial charge in [-0.1, -0.05) is 40.2 Å². The summed E-state index contributed by atoms with van der Waals surface area (Å²) in [6.45, 7) is 15.5. The molecule has 150 valence electrons. The molecule has 8 nitrogen and oxygen atoms in total. The van der Waals surface area contributed by atoms with Crippen LogP contribution < -0.4 is 0 Å². The van der Waals surface area contributed by atoms with Crippen molar-refractivity contribution in [3.8, 4) is 0 Å². The second-order valence-corrected chi connectivity index (χ2v) is 4.75. The van der Waals surface area contributed by atoms with Gasteiger partial charge < -0.3 is 18.9 Å². The maximum Gasteiger partial charge on any atom is 0.330 e. The number of esters is 4. The first-order valence-corrected chi connectivity index (χ1v) is 7.99. The van der Waals surface area contributed by atoms with Crippen molar-refractivity contribution in [2.45, 2.75) is 13.8 Å². The average Bonchev–Trinajstić information content (AvgIpc) is 2.72. The highest BCUT2D eigenvalue weighted by molar-refractivity contribution is 5.82. The van der Waals surface area contributed by atoms with Crippen molar-refractivity contribution in [1.29, 1.82) is 0 Å². The van der Waals surface area contributed by atoms with Crippen LogP contribution in [0.1, 0.15) is 13.8 Å². The zero-order chi connectivity index (χ0) is 21.3. The van der Waals surface area contributed by atoms with Gasteiger partial charge in [0.05, 0.1) is 0 Å². The Labute approximate surface area is 159 Å². The monoisotopic (exact) mass is 382 g/mol. The Balaban J connectivity index is 0. The number of carbonyl (C=O) groups excluding carboxylic acids is 4. The Morgan fingerprint density at radius 1 is 0.593 bits per heavy atom. The first kappa shape index (κ1) is 26.1. The van der Waals surface area contributed by atoms with Gasteiger partial charge in [-0.2, -0.15) is 0 Å². The van der Waals surface area contributed by atoms with Crippen LogP contribution in [0.25, 0.3) is 0 Å². The molecule has 0 amide bonds. The lowest BCUT2D eigenvalue weighted by molar-refractivity contribution is -0.164. The van der Waals surface area contributed by atoms with Crippen LogP contribution in [-0.2, 0) is 38.1 Å². The van der Waals surface area contributed by atoms with Crippen molar-refractivity contribution >= 4 is 23.9 Å². The van der Waals surface area contributed by atoms with Gasteiger partial charge in [0.15, 0.2) is 0 Å². The number of hydrogen-bond acceptors (Lipinski definition) is 8. The molecule has 0 unspecified atom stereocenters. The Morgan fingerprint density at radius 3 is 0.926 bits per heavy atom. The predicted molar refractivity (Wildman–Crippen MR) is 98.4 cm³/mol. The molecule has 0 rings (SSSR count). The minimum Gasteiger partial charge on any atom is -0.462 e. The second-order valence-electron chi connectivity index (χ2n) is 4.75. The maximum absolute atomic E-state index is 11.3. The smallest absolute Gasteiger partial charge is 0.330 e. The van der Waals surface area contributed by atoms with E-state index in [0.29, 0.717) is 0 Å². The van der Waals surface area contributed by atoms with Gasteiger partial charge in [0.1, 0.15) is 31.8 Å². The lowest BCUT2D eigenvalue weighted by atomic mass is 9.92. The Bertz CT molecular complexity index is 461. The lowest BCUT2D eigenvalue weighted by Gasteiger charge is -2.31. The summed E-state index contributed by atoms with van der Waals surface area (Å²) in [7, 11) is 0. The number of carbonyl (C=O) groups is 4. The van der Waals surface area contributed by atoms with Crippen molar-refractivity contribution in [1.82, 2.24) is 0 Å². The van der Waals surface area contributed by atoms with Crippen LogP contribution in [0, 0.1) is 5.41 Å². The highest BCUT2D eigenvalue weighted by atomic mass is 16.6. The zero-order valence-electron chi connectivity index (χ0n) is 15.7. The molecule has 0 aromatic rings. The summed E-state index contributed by atoms with van der Waals surface area (Å²) in [6.07, 6.45) is 3.69. The predicted octanol–water partition coefficient (Wildman–Crippen LogP) is 1.92. The minimum atomic E-state index is -1.34. The molecule has 0 radical (unpaired) electrons. The maximum atomic E-state index is 11.3. The molecule has 0 aliphatic rings. The Kier molecular flexibility index (Phi) is 14.6. The first-order chi connectivity index (χ1) is 12.8. The summed E-state index contributed by atoms with van der Waals surface area (Å²) in [5.74, 6) is -3.04. The number of hydrogen-bond donors (Lipinski definition) is 0. The van der Waals surface area contributed by atoms with E-state index in [1.165, 1.54) is 0 Å². The lowest BCUT2D eigenvalue weighted by Crippen LogP contribution is -2.43. The summed E-state index contributed by atoms with van der Waals surface area (Å²) >= 11 is 0. The van der Waals surface area contributed by atoms with Gasteiger partial charge in [0, 0.05) is 24.3 Å². The van der Waals surface area contributed by atoms with Gasteiger partial charge in [0.2, 0.25) is 0 Å². The molecule has 0 aromatic carbocycles. The SMILES string of the molecule is C=CC(=O)OCC(COC(=O)C=C)(COC(=O)C=C)COC(=O)C=C.CC. The molecule has 0 spiro atoms. The van der Waals surface area contributed by atoms with Crippen LogP contribution >= 0.6 is 0 Å². The van der Waals surface area contributed by atoms with Gasteiger partial charge in [0.25, 0.3) is 0 Å². The molecular weight excluding hydrogens is 356 g/mol. The van der Waals surface area contributed by atoms with E-state index in [0.717, 1.165) is 24.3 Å². The molecule has 0 fully saturated rings.